The molecule has 2 nitrogen and oxygen atoms in total. The van der Waals surface area contributed by atoms with E-state index in [1.165, 1.54) is 10.8 Å². The summed E-state index contributed by atoms with van der Waals surface area (Å²) < 4.78 is 11.9. The van der Waals surface area contributed by atoms with Crippen molar-refractivity contribution in [3.63, 3.8) is 0 Å². The third-order valence-corrected chi connectivity index (χ3v) is 4.87. The standard InChI is InChI=1S/C15H24O2Si/c1-4-12-16-18(17-13-5-2)15(6-3)14-10-8-7-9-11-14/h6-11,18H,4-5,12-13H2,1-3H3. The van der Waals surface area contributed by atoms with Crippen LogP contribution in [0.25, 0.3) is 5.20 Å². The maximum Gasteiger partial charge on any atom is 0.356 e. The molecule has 0 aliphatic carbocycles. The van der Waals surface area contributed by atoms with Gasteiger partial charge in [0.1, 0.15) is 0 Å². The van der Waals surface area contributed by atoms with Crippen LogP contribution in [0, 0.1) is 0 Å². The summed E-state index contributed by atoms with van der Waals surface area (Å²) in [5.41, 5.74) is 1.23. The molecule has 18 heavy (non-hydrogen) atoms. The summed E-state index contributed by atoms with van der Waals surface area (Å²) >= 11 is 0. The lowest BCUT2D eigenvalue weighted by molar-refractivity contribution is 0.208. The Morgan fingerprint density at radius 3 is 2.06 bits per heavy atom. The minimum atomic E-state index is -1.75. The van der Waals surface area contributed by atoms with Gasteiger partial charge in [-0.15, -0.1) is 0 Å². The van der Waals surface area contributed by atoms with E-state index in [9.17, 15) is 0 Å². The molecule has 0 bridgehead atoms. The first kappa shape index (κ1) is 15.2. The highest BCUT2D eigenvalue weighted by Crippen LogP contribution is 2.19. The Balaban J connectivity index is 2.80. The molecule has 1 aromatic rings. The van der Waals surface area contributed by atoms with Crippen LogP contribution in [0.3, 0.4) is 0 Å². The van der Waals surface area contributed by atoms with Crippen molar-refractivity contribution in [3.8, 4) is 0 Å². The van der Waals surface area contributed by atoms with Gasteiger partial charge in [-0.1, -0.05) is 50.3 Å². The number of benzene rings is 1. The molecule has 0 fully saturated rings. The molecule has 0 N–H and O–H groups in total. The molecule has 0 atom stereocenters. The van der Waals surface area contributed by atoms with Gasteiger partial charge in [0.15, 0.2) is 0 Å². The third kappa shape index (κ3) is 4.76. The molecule has 0 saturated carbocycles. The van der Waals surface area contributed by atoms with Crippen LogP contribution in [0.5, 0.6) is 0 Å². The zero-order chi connectivity index (χ0) is 13.2. The van der Waals surface area contributed by atoms with E-state index in [-0.39, 0.29) is 0 Å². The van der Waals surface area contributed by atoms with Crippen LogP contribution in [0.4, 0.5) is 0 Å². The zero-order valence-electron chi connectivity index (χ0n) is 11.7. The van der Waals surface area contributed by atoms with E-state index >= 15 is 0 Å². The molecule has 0 aliphatic heterocycles. The second-order valence-corrected chi connectivity index (χ2v) is 6.14. The van der Waals surface area contributed by atoms with Gasteiger partial charge in [0.05, 0.1) is 0 Å². The molecule has 1 rings (SSSR count). The van der Waals surface area contributed by atoms with Crippen LogP contribution in [0.1, 0.15) is 39.2 Å². The lowest BCUT2D eigenvalue weighted by atomic mass is 10.2. The van der Waals surface area contributed by atoms with Crippen molar-refractivity contribution < 1.29 is 8.85 Å². The van der Waals surface area contributed by atoms with Gasteiger partial charge in [-0.05, 0) is 30.5 Å². The third-order valence-electron chi connectivity index (χ3n) is 2.62. The first-order chi connectivity index (χ1) is 8.83. The molecule has 0 aliphatic rings. The fourth-order valence-electron chi connectivity index (χ4n) is 1.75. The van der Waals surface area contributed by atoms with Crippen LogP contribution in [0.15, 0.2) is 36.4 Å². The average Bonchev–Trinajstić information content (AvgIpc) is 2.43. The lowest BCUT2D eigenvalue weighted by Crippen LogP contribution is -2.26. The van der Waals surface area contributed by atoms with E-state index in [4.69, 9.17) is 8.85 Å². The number of hydrogen-bond acceptors (Lipinski definition) is 2. The van der Waals surface area contributed by atoms with E-state index in [0.717, 1.165) is 26.1 Å². The normalized spacial score (nSPS) is 12.1. The monoisotopic (exact) mass is 264 g/mol. The van der Waals surface area contributed by atoms with E-state index in [1.54, 1.807) is 0 Å². The number of rotatable bonds is 8. The summed E-state index contributed by atoms with van der Waals surface area (Å²) in [6.45, 7) is 7.88. The maximum atomic E-state index is 5.95. The SMILES string of the molecule is CC=C(c1ccccc1)[SiH](OCCC)OCCC. The van der Waals surface area contributed by atoms with Gasteiger partial charge >= 0.3 is 9.28 Å². The van der Waals surface area contributed by atoms with E-state index in [1.807, 2.05) is 6.07 Å². The van der Waals surface area contributed by atoms with Crippen molar-refractivity contribution in [2.75, 3.05) is 13.2 Å². The summed E-state index contributed by atoms with van der Waals surface area (Å²) in [4.78, 5) is 0. The molecule has 0 radical (unpaired) electrons. The predicted molar refractivity (Wildman–Crippen MR) is 79.7 cm³/mol. The molecule has 1 aromatic carbocycles. The fraction of sp³-hybridized carbons (Fsp3) is 0.467. The quantitative estimate of drug-likeness (QED) is 0.667. The van der Waals surface area contributed by atoms with Gasteiger partial charge in [0.25, 0.3) is 0 Å². The fourth-order valence-corrected chi connectivity index (χ4v) is 3.84. The van der Waals surface area contributed by atoms with Crippen molar-refractivity contribution in [3.05, 3.63) is 42.0 Å². The second kappa shape index (κ2) is 9.08. The molecule has 0 aromatic heterocycles. The highest BCUT2D eigenvalue weighted by atomic mass is 28.3. The largest absolute Gasteiger partial charge is 0.393 e. The van der Waals surface area contributed by atoms with Gasteiger partial charge in [-0.2, -0.15) is 0 Å². The lowest BCUT2D eigenvalue weighted by Gasteiger charge is -2.19. The molecule has 0 amide bonds. The first-order valence-corrected chi connectivity index (χ1v) is 8.30. The molecule has 0 saturated heterocycles. The van der Waals surface area contributed by atoms with Crippen LogP contribution < -0.4 is 0 Å². The molecule has 3 heteroatoms. The van der Waals surface area contributed by atoms with Crippen molar-refractivity contribution >= 4 is 14.5 Å². The Labute approximate surface area is 112 Å². The second-order valence-electron chi connectivity index (χ2n) is 4.18. The van der Waals surface area contributed by atoms with Crippen molar-refractivity contribution in [2.45, 2.75) is 33.6 Å². The summed E-state index contributed by atoms with van der Waals surface area (Å²) in [7, 11) is -1.75. The predicted octanol–water partition coefficient (Wildman–Crippen LogP) is 3.70. The topological polar surface area (TPSA) is 18.5 Å². The average molecular weight is 264 g/mol. The van der Waals surface area contributed by atoms with Gasteiger partial charge in [0.2, 0.25) is 0 Å². The van der Waals surface area contributed by atoms with E-state index in [0.29, 0.717) is 0 Å². The van der Waals surface area contributed by atoms with Gasteiger partial charge in [-0.3, -0.25) is 0 Å². The molecule has 0 spiro atoms. The Kier molecular flexibility index (Phi) is 7.65. The van der Waals surface area contributed by atoms with Crippen LogP contribution >= 0.6 is 0 Å². The van der Waals surface area contributed by atoms with Crippen LogP contribution in [-0.4, -0.2) is 22.5 Å². The summed E-state index contributed by atoms with van der Waals surface area (Å²) in [5.74, 6) is 0. The van der Waals surface area contributed by atoms with Crippen molar-refractivity contribution in [1.29, 1.82) is 0 Å². The number of allylic oxidation sites excluding steroid dienone is 1. The maximum absolute atomic E-state index is 5.95. The summed E-state index contributed by atoms with van der Waals surface area (Å²) in [6, 6.07) is 10.4. The van der Waals surface area contributed by atoms with Crippen molar-refractivity contribution in [1.82, 2.24) is 0 Å². The molecular formula is C15H24O2Si. The highest BCUT2D eigenvalue weighted by molar-refractivity contribution is 6.68. The van der Waals surface area contributed by atoms with E-state index < -0.39 is 9.28 Å². The van der Waals surface area contributed by atoms with Crippen molar-refractivity contribution in [2.24, 2.45) is 0 Å². The Morgan fingerprint density at radius 1 is 1.06 bits per heavy atom. The smallest absolute Gasteiger partial charge is 0.356 e. The summed E-state index contributed by atoms with van der Waals surface area (Å²) in [5, 5.41) is 1.25. The van der Waals surface area contributed by atoms with Crippen LogP contribution in [-0.2, 0) is 8.85 Å². The summed E-state index contributed by atoms with van der Waals surface area (Å²) in [6.07, 6.45) is 4.20. The minimum Gasteiger partial charge on any atom is -0.393 e. The van der Waals surface area contributed by atoms with Gasteiger partial charge in [0, 0.05) is 13.2 Å². The molecule has 0 unspecified atom stereocenters. The minimum absolute atomic E-state index is 0.783. The number of hydrogen-bond donors (Lipinski definition) is 0. The Hall–Kier alpha value is -0.903. The molecular weight excluding hydrogens is 240 g/mol. The molecule has 100 valence electrons. The van der Waals surface area contributed by atoms with Gasteiger partial charge < -0.3 is 8.85 Å². The Bertz CT molecular complexity index is 341. The Morgan fingerprint density at radius 2 is 1.61 bits per heavy atom. The first-order valence-electron chi connectivity index (χ1n) is 6.78. The van der Waals surface area contributed by atoms with Gasteiger partial charge in [-0.25, -0.2) is 0 Å². The van der Waals surface area contributed by atoms with E-state index in [2.05, 4.69) is 51.1 Å². The highest BCUT2D eigenvalue weighted by Gasteiger charge is 2.19. The molecule has 0 heterocycles. The zero-order valence-corrected chi connectivity index (χ0v) is 12.8. The van der Waals surface area contributed by atoms with Crippen LogP contribution in [0.2, 0.25) is 0 Å².